The highest BCUT2D eigenvalue weighted by molar-refractivity contribution is 6.11. The van der Waals surface area contributed by atoms with Gasteiger partial charge in [-0.05, 0) is 36.0 Å². The fraction of sp³-hybridized carbons (Fsp3) is 0.682. The summed E-state index contributed by atoms with van der Waals surface area (Å²) >= 11 is 0. The van der Waals surface area contributed by atoms with Gasteiger partial charge in [0.05, 0.1) is 0 Å². The van der Waals surface area contributed by atoms with Gasteiger partial charge in [-0.3, -0.25) is 4.79 Å². The van der Waals surface area contributed by atoms with Crippen LogP contribution in [0.25, 0.3) is 0 Å². The molecule has 0 N–H and O–H groups in total. The van der Waals surface area contributed by atoms with Gasteiger partial charge in [0.15, 0.2) is 5.78 Å². The third-order valence-electron chi connectivity index (χ3n) is 5.73. The highest BCUT2D eigenvalue weighted by Crippen LogP contribution is 2.52. The van der Waals surface area contributed by atoms with Crippen LogP contribution in [0.1, 0.15) is 68.7 Å². The van der Waals surface area contributed by atoms with Gasteiger partial charge in [-0.2, -0.15) is 0 Å². The van der Waals surface area contributed by atoms with Gasteiger partial charge in [-0.25, -0.2) is 0 Å². The lowest BCUT2D eigenvalue weighted by Gasteiger charge is -2.45. The Bertz CT molecular complexity index is 565. The fourth-order valence-electron chi connectivity index (χ4n) is 3.94. The van der Waals surface area contributed by atoms with Gasteiger partial charge in [0.25, 0.3) is 0 Å². The number of ketones is 1. The Hall–Kier alpha value is -1.11. The van der Waals surface area contributed by atoms with Gasteiger partial charge in [0, 0.05) is 16.6 Å². The van der Waals surface area contributed by atoms with Gasteiger partial charge in [0.1, 0.15) is 0 Å². The minimum absolute atomic E-state index is 0.0158. The van der Waals surface area contributed by atoms with E-state index in [2.05, 4.69) is 80.5 Å². The number of hydrogen-bond acceptors (Lipinski definition) is 1. The molecule has 0 radical (unpaired) electrons. The first-order chi connectivity index (χ1) is 10.3. The van der Waals surface area contributed by atoms with Crippen molar-refractivity contribution in [3.8, 4) is 0 Å². The molecular formula is C22H34O. The molecule has 0 aliphatic heterocycles. The predicted molar refractivity (Wildman–Crippen MR) is 99.2 cm³/mol. The number of hydrogen-bond donors (Lipinski definition) is 0. The van der Waals surface area contributed by atoms with E-state index < -0.39 is 0 Å². The predicted octanol–water partition coefficient (Wildman–Crippen LogP) is 6.12. The molecule has 2 atom stereocenters. The summed E-state index contributed by atoms with van der Waals surface area (Å²) in [5, 5.41) is 0. The Balaban J connectivity index is 2.68. The quantitative estimate of drug-likeness (QED) is 0.492. The molecule has 128 valence electrons. The van der Waals surface area contributed by atoms with Crippen LogP contribution in [0.5, 0.6) is 0 Å². The maximum Gasteiger partial charge on any atom is 0.185 e. The van der Waals surface area contributed by atoms with Crippen molar-refractivity contribution in [1.29, 1.82) is 0 Å². The molecule has 0 bridgehead atoms. The van der Waals surface area contributed by atoms with E-state index >= 15 is 0 Å². The van der Waals surface area contributed by atoms with Crippen molar-refractivity contribution in [2.24, 2.45) is 28.1 Å². The second kappa shape index (κ2) is 5.46. The Labute approximate surface area is 142 Å². The molecule has 23 heavy (non-hydrogen) atoms. The maximum absolute atomic E-state index is 13.1. The number of Topliss-reactive ketones (excluding diaryl/α,β-unsaturated/α-hetero) is 1. The molecule has 0 aromatic rings. The fourth-order valence-corrected chi connectivity index (χ4v) is 3.94. The van der Waals surface area contributed by atoms with Crippen molar-refractivity contribution < 1.29 is 4.79 Å². The summed E-state index contributed by atoms with van der Waals surface area (Å²) in [5.41, 5.74) is 3.23. The van der Waals surface area contributed by atoms with Crippen molar-refractivity contribution in [3.63, 3.8) is 0 Å². The van der Waals surface area contributed by atoms with Gasteiger partial charge in [-0.15, -0.1) is 0 Å². The van der Waals surface area contributed by atoms with Crippen LogP contribution in [0.2, 0.25) is 0 Å². The van der Waals surface area contributed by atoms with Crippen LogP contribution in [0.3, 0.4) is 0 Å². The molecular weight excluding hydrogens is 280 g/mol. The monoisotopic (exact) mass is 314 g/mol. The molecule has 1 heteroatoms. The summed E-state index contributed by atoms with van der Waals surface area (Å²) in [4.78, 5) is 13.1. The molecule has 0 aromatic carbocycles. The van der Waals surface area contributed by atoms with Crippen molar-refractivity contribution in [2.45, 2.75) is 68.7 Å². The Morgan fingerprint density at radius 2 is 1.39 bits per heavy atom. The molecule has 2 rings (SSSR count). The van der Waals surface area contributed by atoms with E-state index in [1.807, 2.05) is 0 Å². The Morgan fingerprint density at radius 1 is 0.957 bits per heavy atom. The maximum atomic E-state index is 13.1. The number of carbonyl (C=O) groups excluding carboxylic acids is 1. The lowest BCUT2D eigenvalue weighted by atomic mass is 9.58. The average Bonchev–Trinajstić information content (AvgIpc) is 2.36. The number of carbonyl (C=O) groups is 1. The zero-order valence-electron chi connectivity index (χ0n) is 16.5. The minimum Gasteiger partial charge on any atom is -0.289 e. The van der Waals surface area contributed by atoms with E-state index in [1.54, 1.807) is 0 Å². The molecule has 2 aliphatic carbocycles. The Kier molecular flexibility index (Phi) is 4.33. The molecule has 1 nitrogen and oxygen atoms in total. The zero-order valence-corrected chi connectivity index (χ0v) is 16.5. The van der Waals surface area contributed by atoms with E-state index in [0.29, 0.717) is 11.8 Å². The second-order valence-electron chi connectivity index (χ2n) is 9.86. The van der Waals surface area contributed by atoms with E-state index in [1.165, 1.54) is 5.57 Å². The van der Waals surface area contributed by atoms with Crippen LogP contribution in [0.4, 0.5) is 0 Å². The molecule has 2 aliphatic rings. The molecule has 0 amide bonds. The standard InChI is InChI=1S/C22H34O/c1-14-10-16(3)22(11-15(14)2)12-17(20(4,5)6)19(23)18(13-22)21(7,8)9/h10,12-13,15-16H,11H2,1-9H3. The van der Waals surface area contributed by atoms with Crippen LogP contribution >= 0.6 is 0 Å². The highest BCUT2D eigenvalue weighted by atomic mass is 16.1. The zero-order chi connectivity index (χ0) is 17.8. The lowest BCUT2D eigenvalue weighted by molar-refractivity contribution is -0.114. The Morgan fingerprint density at radius 3 is 1.78 bits per heavy atom. The van der Waals surface area contributed by atoms with Crippen LogP contribution in [-0.4, -0.2) is 5.78 Å². The summed E-state index contributed by atoms with van der Waals surface area (Å²) in [7, 11) is 0. The summed E-state index contributed by atoms with van der Waals surface area (Å²) in [6.45, 7) is 19.8. The topological polar surface area (TPSA) is 17.1 Å². The lowest BCUT2D eigenvalue weighted by Crippen LogP contribution is -2.39. The van der Waals surface area contributed by atoms with Gasteiger partial charge < -0.3 is 0 Å². The first kappa shape index (κ1) is 18.2. The number of allylic oxidation sites excluding steroid dienone is 6. The van der Waals surface area contributed by atoms with Gasteiger partial charge >= 0.3 is 0 Å². The largest absolute Gasteiger partial charge is 0.289 e. The normalized spacial score (nSPS) is 28.4. The summed E-state index contributed by atoms with van der Waals surface area (Å²) in [6.07, 6.45) is 8.14. The smallest absolute Gasteiger partial charge is 0.185 e. The van der Waals surface area contributed by atoms with Crippen LogP contribution < -0.4 is 0 Å². The molecule has 0 fully saturated rings. The molecule has 1 spiro atoms. The summed E-state index contributed by atoms with van der Waals surface area (Å²) < 4.78 is 0. The SMILES string of the molecule is CC1=CC(C)C2(C=C(C(C)(C)C)C(=O)C(C(C)(C)C)=C2)CC1C. The molecule has 2 unspecified atom stereocenters. The number of rotatable bonds is 0. The average molecular weight is 315 g/mol. The first-order valence-corrected chi connectivity index (χ1v) is 8.97. The molecule has 0 heterocycles. The third-order valence-corrected chi connectivity index (χ3v) is 5.73. The molecule has 0 saturated carbocycles. The van der Waals surface area contributed by atoms with Crippen molar-refractivity contribution in [1.82, 2.24) is 0 Å². The van der Waals surface area contributed by atoms with Crippen molar-refractivity contribution in [3.05, 3.63) is 34.9 Å². The van der Waals surface area contributed by atoms with E-state index in [0.717, 1.165) is 17.6 Å². The third kappa shape index (κ3) is 3.25. The van der Waals surface area contributed by atoms with Crippen LogP contribution in [0.15, 0.2) is 34.9 Å². The summed E-state index contributed by atoms with van der Waals surface area (Å²) in [6, 6.07) is 0. The van der Waals surface area contributed by atoms with Crippen molar-refractivity contribution >= 4 is 5.78 Å². The van der Waals surface area contributed by atoms with Crippen LogP contribution in [-0.2, 0) is 4.79 Å². The van der Waals surface area contributed by atoms with Gasteiger partial charge in [0.2, 0.25) is 0 Å². The van der Waals surface area contributed by atoms with E-state index in [4.69, 9.17) is 0 Å². The first-order valence-electron chi connectivity index (χ1n) is 8.97. The summed E-state index contributed by atoms with van der Waals surface area (Å²) in [5.74, 6) is 1.25. The molecule has 0 aromatic heterocycles. The molecule has 0 saturated heterocycles. The highest BCUT2D eigenvalue weighted by Gasteiger charge is 2.44. The van der Waals surface area contributed by atoms with E-state index in [9.17, 15) is 4.79 Å². The van der Waals surface area contributed by atoms with Crippen LogP contribution in [0, 0.1) is 28.1 Å². The van der Waals surface area contributed by atoms with E-state index in [-0.39, 0.29) is 22.0 Å². The van der Waals surface area contributed by atoms with Gasteiger partial charge in [-0.1, -0.05) is 79.2 Å². The van der Waals surface area contributed by atoms with Crippen molar-refractivity contribution in [2.75, 3.05) is 0 Å². The second-order valence-corrected chi connectivity index (χ2v) is 9.86. The minimum atomic E-state index is -0.117.